The highest BCUT2D eigenvalue weighted by molar-refractivity contribution is 6.30. The summed E-state index contributed by atoms with van der Waals surface area (Å²) in [6.45, 7) is 5.14. The van der Waals surface area contributed by atoms with Crippen molar-refractivity contribution >= 4 is 28.3 Å². The van der Waals surface area contributed by atoms with Gasteiger partial charge in [-0.05, 0) is 66.4 Å². The maximum Gasteiger partial charge on any atom is 0.337 e. The number of carbonyl (C=O) groups is 1. The van der Waals surface area contributed by atoms with E-state index in [0.717, 1.165) is 21.9 Å². The van der Waals surface area contributed by atoms with E-state index in [1.807, 2.05) is 63.2 Å². The zero-order chi connectivity index (χ0) is 20.5. The van der Waals surface area contributed by atoms with Crippen molar-refractivity contribution < 1.29 is 19.7 Å². The molecular weight excluding hydrogens is 376 g/mol. The van der Waals surface area contributed by atoms with Crippen LogP contribution in [0.4, 0.5) is 0 Å². The van der Waals surface area contributed by atoms with E-state index in [1.54, 1.807) is 12.1 Å². The highest BCUT2D eigenvalue weighted by Gasteiger charge is 2.32. The molecule has 4 nitrogen and oxygen atoms in total. The lowest BCUT2D eigenvalue weighted by Gasteiger charge is -2.29. The number of hydrogen-bond acceptors (Lipinski definition) is 3. The minimum absolute atomic E-state index is 0.294. The van der Waals surface area contributed by atoms with Gasteiger partial charge < -0.3 is 14.9 Å². The lowest BCUT2D eigenvalue weighted by atomic mass is 9.87. The van der Waals surface area contributed by atoms with Gasteiger partial charge in [-0.2, -0.15) is 0 Å². The molecule has 2 N–H and O–H groups in total. The van der Waals surface area contributed by atoms with Crippen LogP contribution in [-0.4, -0.2) is 21.8 Å². The van der Waals surface area contributed by atoms with Crippen molar-refractivity contribution in [2.75, 3.05) is 0 Å². The van der Waals surface area contributed by atoms with Crippen LogP contribution in [0.2, 0.25) is 5.02 Å². The van der Waals surface area contributed by atoms with Crippen LogP contribution in [0.25, 0.3) is 21.9 Å². The molecule has 0 spiro atoms. The van der Waals surface area contributed by atoms with E-state index in [9.17, 15) is 15.0 Å². The van der Waals surface area contributed by atoms with Gasteiger partial charge in [-0.3, -0.25) is 0 Å². The average Bonchev–Trinajstić information content (AvgIpc) is 2.64. The molecule has 0 saturated heterocycles. The number of rotatable bonds is 5. The van der Waals surface area contributed by atoms with Gasteiger partial charge in [0.25, 0.3) is 0 Å². The molecule has 0 unspecified atom stereocenters. The van der Waals surface area contributed by atoms with Crippen LogP contribution in [0, 0.1) is 0 Å². The summed E-state index contributed by atoms with van der Waals surface area (Å²) in [4.78, 5) is 12.2. The molecule has 0 fully saturated rings. The summed E-state index contributed by atoms with van der Waals surface area (Å²) in [5, 5.41) is 22.4. The Morgan fingerprint density at radius 2 is 1.75 bits per heavy atom. The predicted molar refractivity (Wildman–Crippen MR) is 112 cm³/mol. The van der Waals surface area contributed by atoms with Crippen molar-refractivity contribution in [1.82, 2.24) is 0 Å². The number of carboxylic acid groups (broad SMARTS) is 1. The number of fused-ring (bicyclic) bond motifs is 1. The molecule has 146 valence electrons. The van der Waals surface area contributed by atoms with Crippen LogP contribution < -0.4 is 0 Å². The van der Waals surface area contributed by atoms with Gasteiger partial charge in [0.15, 0.2) is 6.10 Å². The monoisotopic (exact) mass is 398 g/mol. The fraction of sp³-hybridized carbons (Fsp3) is 0.261. The van der Waals surface area contributed by atoms with Gasteiger partial charge in [-0.25, -0.2) is 4.79 Å². The second-order valence-electron chi connectivity index (χ2n) is 7.66. The molecule has 3 aromatic rings. The summed E-state index contributed by atoms with van der Waals surface area (Å²) >= 11 is 6.06. The average molecular weight is 399 g/mol. The van der Waals surface area contributed by atoms with Gasteiger partial charge in [-0.1, -0.05) is 48.0 Å². The molecule has 28 heavy (non-hydrogen) atoms. The Labute approximate surface area is 169 Å². The van der Waals surface area contributed by atoms with Crippen LogP contribution in [-0.2, 0) is 16.1 Å². The minimum Gasteiger partial charge on any atom is -0.479 e. The molecule has 0 aliphatic heterocycles. The van der Waals surface area contributed by atoms with Crippen molar-refractivity contribution in [2.24, 2.45) is 0 Å². The maximum atomic E-state index is 12.2. The van der Waals surface area contributed by atoms with Crippen LogP contribution in [0.15, 0.2) is 54.6 Å². The van der Waals surface area contributed by atoms with E-state index in [0.29, 0.717) is 16.1 Å². The van der Waals surface area contributed by atoms with Crippen LogP contribution in [0.1, 0.15) is 38.0 Å². The summed E-state index contributed by atoms with van der Waals surface area (Å²) < 4.78 is 5.93. The summed E-state index contributed by atoms with van der Waals surface area (Å²) in [5.41, 5.74) is 1.86. The standard InChI is InChI=1S/C23H23ClO4/c1-23(2,3)28-21(22(26)27)20-16(13-25)12-15-6-4-5-7-18(15)19(20)14-8-10-17(24)11-9-14/h4-12,21,25H,13H2,1-3H3,(H,26,27)/t21-/m0/s1. The van der Waals surface area contributed by atoms with E-state index in [2.05, 4.69) is 0 Å². The number of hydrogen-bond donors (Lipinski definition) is 2. The summed E-state index contributed by atoms with van der Waals surface area (Å²) in [6.07, 6.45) is -1.22. The smallest absolute Gasteiger partial charge is 0.337 e. The molecular formula is C23H23ClO4. The number of carboxylic acids is 1. The minimum atomic E-state index is -1.22. The molecule has 3 rings (SSSR count). The molecule has 1 atom stereocenters. The third-order valence-electron chi connectivity index (χ3n) is 4.44. The molecule has 0 aromatic heterocycles. The summed E-state index contributed by atoms with van der Waals surface area (Å²) in [5.74, 6) is -1.10. The largest absolute Gasteiger partial charge is 0.479 e. The lowest BCUT2D eigenvalue weighted by Crippen LogP contribution is -2.28. The Morgan fingerprint density at radius 3 is 2.32 bits per heavy atom. The molecule has 0 aliphatic carbocycles. The molecule has 0 saturated carbocycles. The third-order valence-corrected chi connectivity index (χ3v) is 4.69. The number of aliphatic hydroxyl groups is 1. The van der Waals surface area contributed by atoms with E-state index in [4.69, 9.17) is 16.3 Å². The van der Waals surface area contributed by atoms with E-state index in [-0.39, 0.29) is 6.61 Å². The van der Waals surface area contributed by atoms with Gasteiger partial charge in [0, 0.05) is 10.6 Å². The van der Waals surface area contributed by atoms with E-state index < -0.39 is 17.7 Å². The first-order valence-electron chi connectivity index (χ1n) is 9.03. The van der Waals surface area contributed by atoms with Crippen LogP contribution >= 0.6 is 11.6 Å². The maximum absolute atomic E-state index is 12.2. The Balaban J connectivity index is 2.40. The summed E-state index contributed by atoms with van der Waals surface area (Å²) in [6, 6.07) is 16.8. The second kappa shape index (κ2) is 7.92. The first-order valence-corrected chi connectivity index (χ1v) is 9.41. The van der Waals surface area contributed by atoms with E-state index >= 15 is 0 Å². The van der Waals surface area contributed by atoms with Crippen molar-refractivity contribution in [3.05, 3.63) is 70.7 Å². The van der Waals surface area contributed by atoms with Crippen molar-refractivity contribution in [1.29, 1.82) is 0 Å². The summed E-state index contributed by atoms with van der Waals surface area (Å²) in [7, 11) is 0. The fourth-order valence-electron chi connectivity index (χ4n) is 3.37. The Bertz CT molecular complexity index is 1000. The second-order valence-corrected chi connectivity index (χ2v) is 8.10. The number of aliphatic carboxylic acids is 1. The number of ether oxygens (including phenoxy) is 1. The Morgan fingerprint density at radius 1 is 1.11 bits per heavy atom. The first-order chi connectivity index (χ1) is 13.2. The number of halogens is 1. The fourth-order valence-corrected chi connectivity index (χ4v) is 3.49. The quantitative estimate of drug-likeness (QED) is 0.587. The van der Waals surface area contributed by atoms with Gasteiger partial charge in [0.2, 0.25) is 0 Å². The van der Waals surface area contributed by atoms with E-state index in [1.165, 1.54) is 0 Å². The van der Waals surface area contributed by atoms with Crippen molar-refractivity contribution in [3.63, 3.8) is 0 Å². The van der Waals surface area contributed by atoms with Gasteiger partial charge in [-0.15, -0.1) is 0 Å². The highest BCUT2D eigenvalue weighted by Crippen LogP contribution is 2.41. The predicted octanol–water partition coefficient (Wildman–Crippen LogP) is 5.59. The van der Waals surface area contributed by atoms with Gasteiger partial charge in [0.05, 0.1) is 12.2 Å². The molecule has 0 radical (unpaired) electrons. The normalized spacial score (nSPS) is 12.9. The molecule has 3 aromatic carbocycles. The highest BCUT2D eigenvalue weighted by atomic mass is 35.5. The van der Waals surface area contributed by atoms with Crippen LogP contribution in [0.3, 0.4) is 0 Å². The number of benzene rings is 3. The lowest BCUT2D eigenvalue weighted by molar-refractivity contribution is -0.160. The molecule has 0 heterocycles. The topological polar surface area (TPSA) is 66.8 Å². The molecule has 0 aliphatic rings. The number of aliphatic hydroxyl groups excluding tert-OH is 1. The van der Waals surface area contributed by atoms with Gasteiger partial charge in [0.1, 0.15) is 0 Å². The Hall–Kier alpha value is -2.40. The van der Waals surface area contributed by atoms with Crippen molar-refractivity contribution in [3.8, 4) is 11.1 Å². The zero-order valence-electron chi connectivity index (χ0n) is 16.1. The molecule has 0 amide bonds. The van der Waals surface area contributed by atoms with Crippen molar-refractivity contribution in [2.45, 2.75) is 39.1 Å². The first kappa shape index (κ1) is 20.3. The SMILES string of the molecule is CC(C)(C)O[C@H](C(=O)O)c1c(CO)cc2ccccc2c1-c1ccc(Cl)cc1. The molecule has 0 bridgehead atoms. The van der Waals surface area contributed by atoms with Crippen LogP contribution in [0.5, 0.6) is 0 Å². The molecule has 5 heteroatoms. The van der Waals surface area contributed by atoms with Gasteiger partial charge >= 0.3 is 5.97 Å². The Kier molecular flexibility index (Phi) is 5.75. The third kappa shape index (κ3) is 4.20. The zero-order valence-corrected chi connectivity index (χ0v) is 16.8.